The fourth-order valence-electron chi connectivity index (χ4n) is 1.59. The molecule has 1 aromatic rings. The maximum absolute atomic E-state index is 11.9. The summed E-state index contributed by atoms with van der Waals surface area (Å²) in [5.41, 5.74) is -0.110. The third-order valence-corrected chi connectivity index (χ3v) is 2.61. The Labute approximate surface area is 108 Å². The molecule has 0 saturated carbocycles. The van der Waals surface area contributed by atoms with Gasteiger partial charge in [0.05, 0.1) is 10.8 Å². The second-order valence-corrected chi connectivity index (χ2v) is 3.80. The molecular weight excluding hydrogens is 254 g/mol. The van der Waals surface area contributed by atoms with Gasteiger partial charge >= 0.3 is 5.97 Å². The van der Waals surface area contributed by atoms with Gasteiger partial charge in [-0.15, -0.1) is 0 Å². The molecule has 1 N–H and O–H groups in total. The van der Waals surface area contributed by atoms with Gasteiger partial charge in [0.2, 0.25) is 0 Å². The van der Waals surface area contributed by atoms with Crippen molar-refractivity contribution in [3.05, 3.63) is 39.9 Å². The van der Waals surface area contributed by atoms with Gasteiger partial charge < -0.3 is 5.11 Å². The SMILES string of the molecule is CCC(C(=O)C(=O)O)C(=O)c1ccc([N+](=O)[O-])cc1. The highest BCUT2D eigenvalue weighted by Gasteiger charge is 2.30. The average Bonchev–Trinajstić information content (AvgIpc) is 2.39. The molecule has 0 saturated heterocycles. The average molecular weight is 265 g/mol. The molecule has 0 aliphatic heterocycles. The Hall–Kier alpha value is -2.57. The molecule has 7 heteroatoms. The lowest BCUT2D eigenvalue weighted by Gasteiger charge is -2.09. The van der Waals surface area contributed by atoms with Gasteiger partial charge in [-0.3, -0.25) is 19.7 Å². The lowest BCUT2D eigenvalue weighted by Crippen LogP contribution is -2.29. The molecule has 0 aliphatic rings. The minimum Gasteiger partial charge on any atom is -0.475 e. The van der Waals surface area contributed by atoms with Crippen molar-refractivity contribution in [3.8, 4) is 0 Å². The largest absolute Gasteiger partial charge is 0.475 e. The molecule has 0 amide bonds. The predicted molar refractivity (Wildman–Crippen MR) is 63.9 cm³/mol. The highest BCUT2D eigenvalue weighted by Crippen LogP contribution is 2.17. The summed E-state index contributed by atoms with van der Waals surface area (Å²) < 4.78 is 0. The summed E-state index contributed by atoms with van der Waals surface area (Å²) in [6.45, 7) is 1.52. The molecule has 0 fully saturated rings. The number of carbonyl (C=O) groups is 3. The smallest absolute Gasteiger partial charge is 0.372 e. The fraction of sp³-hybridized carbons (Fsp3) is 0.250. The Morgan fingerprint density at radius 3 is 2.16 bits per heavy atom. The highest BCUT2D eigenvalue weighted by molar-refractivity contribution is 6.38. The van der Waals surface area contributed by atoms with Crippen LogP contribution < -0.4 is 0 Å². The molecule has 1 rings (SSSR count). The van der Waals surface area contributed by atoms with E-state index >= 15 is 0 Å². The van der Waals surface area contributed by atoms with E-state index in [-0.39, 0.29) is 17.7 Å². The quantitative estimate of drug-likeness (QED) is 0.274. The number of carbonyl (C=O) groups excluding carboxylic acids is 2. The van der Waals surface area contributed by atoms with Crippen LogP contribution in [0, 0.1) is 16.0 Å². The summed E-state index contributed by atoms with van der Waals surface area (Å²) in [4.78, 5) is 43.7. The van der Waals surface area contributed by atoms with Crippen LogP contribution in [0.15, 0.2) is 24.3 Å². The molecule has 0 aliphatic carbocycles. The first-order valence-corrected chi connectivity index (χ1v) is 5.44. The summed E-state index contributed by atoms with van der Waals surface area (Å²) in [5, 5.41) is 19.1. The van der Waals surface area contributed by atoms with Gasteiger partial charge in [0.15, 0.2) is 5.78 Å². The Balaban J connectivity index is 3.01. The van der Waals surface area contributed by atoms with Crippen LogP contribution in [0.25, 0.3) is 0 Å². The minimum absolute atomic E-state index is 0.0565. The minimum atomic E-state index is -1.66. The van der Waals surface area contributed by atoms with Crippen molar-refractivity contribution < 1.29 is 24.4 Å². The van der Waals surface area contributed by atoms with Gasteiger partial charge in [-0.2, -0.15) is 0 Å². The van der Waals surface area contributed by atoms with Gasteiger partial charge in [-0.1, -0.05) is 6.92 Å². The number of hydrogen-bond acceptors (Lipinski definition) is 5. The summed E-state index contributed by atoms with van der Waals surface area (Å²) in [5.74, 6) is -4.75. The number of non-ortho nitro benzene ring substituents is 1. The van der Waals surface area contributed by atoms with E-state index in [2.05, 4.69) is 0 Å². The number of aliphatic carboxylic acids is 1. The molecule has 19 heavy (non-hydrogen) atoms. The normalized spacial score (nSPS) is 11.6. The van der Waals surface area contributed by atoms with Crippen LogP contribution >= 0.6 is 0 Å². The van der Waals surface area contributed by atoms with E-state index in [1.165, 1.54) is 19.1 Å². The zero-order chi connectivity index (χ0) is 14.6. The molecule has 0 heterocycles. The lowest BCUT2D eigenvalue weighted by molar-refractivity contribution is -0.384. The van der Waals surface area contributed by atoms with Crippen molar-refractivity contribution in [2.24, 2.45) is 5.92 Å². The Morgan fingerprint density at radius 1 is 1.26 bits per heavy atom. The van der Waals surface area contributed by atoms with Crippen LogP contribution in [0.1, 0.15) is 23.7 Å². The zero-order valence-electron chi connectivity index (χ0n) is 10.0. The molecule has 0 spiro atoms. The van der Waals surface area contributed by atoms with E-state index < -0.39 is 28.4 Å². The van der Waals surface area contributed by atoms with Crippen LogP contribution in [-0.4, -0.2) is 27.6 Å². The van der Waals surface area contributed by atoms with Crippen molar-refractivity contribution in [2.75, 3.05) is 0 Å². The first-order chi connectivity index (χ1) is 8.88. The summed E-state index contributed by atoms with van der Waals surface area (Å²) in [6.07, 6.45) is 0.0565. The number of rotatable bonds is 6. The number of benzene rings is 1. The van der Waals surface area contributed by atoms with Crippen molar-refractivity contribution >= 4 is 23.2 Å². The third kappa shape index (κ3) is 3.21. The maximum Gasteiger partial charge on any atom is 0.372 e. The lowest BCUT2D eigenvalue weighted by atomic mass is 9.91. The number of nitro groups is 1. The van der Waals surface area contributed by atoms with Gasteiger partial charge in [-0.05, 0) is 18.6 Å². The molecule has 1 atom stereocenters. The molecule has 0 radical (unpaired) electrons. The van der Waals surface area contributed by atoms with Gasteiger partial charge in [0.25, 0.3) is 11.5 Å². The van der Waals surface area contributed by atoms with Crippen molar-refractivity contribution in [3.63, 3.8) is 0 Å². The number of nitro benzene ring substituents is 1. The first kappa shape index (κ1) is 14.5. The molecular formula is C12H11NO6. The molecule has 100 valence electrons. The molecule has 0 bridgehead atoms. The van der Waals surface area contributed by atoms with Crippen LogP contribution in [0.3, 0.4) is 0 Å². The fourth-order valence-corrected chi connectivity index (χ4v) is 1.59. The summed E-state index contributed by atoms with van der Waals surface area (Å²) >= 11 is 0. The number of ketones is 2. The number of carboxylic acid groups (broad SMARTS) is 1. The van der Waals surface area contributed by atoms with E-state index in [1.807, 2.05) is 0 Å². The van der Waals surface area contributed by atoms with Gasteiger partial charge in [0, 0.05) is 17.7 Å². The number of hydrogen-bond donors (Lipinski definition) is 1. The molecule has 1 unspecified atom stereocenters. The number of Topliss-reactive ketones (excluding diaryl/α,β-unsaturated/α-hetero) is 2. The van der Waals surface area contributed by atoms with Crippen LogP contribution in [0.4, 0.5) is 5.69 Å². The Bertz CT molecular complexity index is 534. The van der Waals surface area contributed by atoms with Gasteiger partial charge in [-0.25, -0.2) is 4.79 Å². The molecule has 0 aromatic heterocycles. The highest BCUT2D eigenvalue weighted by atomic mass is 16.6. The van der Waals surface area contributed by atoms with E-state index in [4.69, 9.17) is 5.11 Å². The van der Waals surface area contributed by atoms with Crippen LogP contribution in [0.2, 0.25) is 0 Å². The molecule has 7 nitrogen and oxygen atoms in total. The molecule has 1 aromatic carbocycles. The van der Waals surface area contributed by atoms with Gasteiger partial charge in [0.1, 0.15) is 0 Å². The summed E-state index contributed by atoms with van der Waals surface area (Å²) in [6, 6.07) is 4.67. The van der Waals surface area contributed by atoms with E-state index in [1.54, 1.807) is 0 Å². The monoisotopic (exact) mass is 265 g/mol. The van der Waals surface area contributed by atoms with Crippen molar-refractivity contribution in [1.29, 1.82) is 0 Å². The van der Waals surface area contributed by atoms with Crippen molar-refractivity contribution in [2.45, 2.75) is 13.3 Å². The van der Waals surface area contributed by atoms with Crippen LogP contribution in [-0.2, 0) is 9.59 Å². The third-order valence-electron chi connectivity index (χ3n) is 2.61. The van der Waals surface area contributed by atoms with E-state index in [0.717, 1.165) is 12.1 Å². The van der Waals surface area contributed by atoms with E-state index in [9.17, 15) is 24.5 Å². The standard InChI is InChI=1S/C12H11NO6/c1-2-9(11(15)12(16)17)10(14)7-3-5-8(6-4-7)13(18)19/h3-6,9H,2H2,1H3,(H,16,17). The number of carboxylic acids is 1. The zero-order valence-corrected chi connectivity index (χ0v) is 10.0. The van der Waals surface area contributed by atoms with Crippen molar-refractivity contribution in [1.82, 2.24) is 0 Å². The summed E-state index contributed by atoms with van der Waals surface area (Å²) in [7, 11) is 0. The topological polar surface area (TPSA) is 115 Å². The second kappa shape index (κ2) is 5.85. The second-order valence-electron chi connectivity index (χ2n) is 3.80. The Kier molecular flexibility index (Phi) is 4.46. The predicted octanol–water partition coefficient (Wildman–Crippen LogP) is 1.46. The van der Waals surface area contributed by atoms with E-state index in [0.29, 0.717) is 0 Å². The van der Waals surface area contributed by atoms with Crippen LogP contribution in [0.5, 0.6) is 0 Å². The Morgan fingerprint density at radius 2 is 1.79 bits per heavy atom. The number of nitrogens with zero attached hydrogens (tertiary/aromatic N) is 1. The maximum atomic E-state index is 11.9. The first-order valence-electron chi connectivity index (χ1n) is 5.44.